The van der Waals surface area contributed by atoms with Crippen LogP contribution in [0.15, 0.2) is 18.2 Å². The van der Waals surface area contributed by atoms with Crippen LogP contribution in [0.4, 0.5) is 0 Å². The van der Waals surface area contributed by atoms with Gasteiger partial charge < -0.3 is 14.4 Å². The van der Waals surface area contributed by atoms with Crippen molar-refractivity contribution in [2.75, 3.05) is 20.3 Å². The lowest BCUT2D eigenvalue weighted by Crippen LogP contribution is -2.53. The minimum absolute atomic E-state index is 0.0543. The van der Waals surface area contributed by atoms with Gasteiger partial charge in [0.2, 0.25) is 0 Å². The van der Waals surface area contributed by atoms with E-state index < -0.39 is 0 Å². The zero-order valence-corrected chi connectivity index (χ0v) is 16.4. The van der Waals surface area contributed by atoms with Crippen LogP contribution in [-0.4, -0.2) is 48.8 Å². The van der Waals surface area contributed by atoms with Crippen LogP contribution in [0, 0.1) is 12.8 Å². The van der Waals surface area contributed by atoms with Crippen molar-refractivity contribution < 1.29 is 14.3 Å². The normalized spacial score (nSPS) is 31.1. The van der Waals surface area contributed by atoms with Gasteiger partial charge in [-0.05, 0) is 69.1 Å². The Bertz CT molecular complexity index is 690. The number of hydrogen-bond acceptors (Lipinski definition) is 3. The third-order valence-corrected chi connectivity index (χ3v) is 6.89. The van der Waals surface area contributed by atoms with Gasteiger partial charge >= 0.3 is 0 Å². The summed E-state index contributed by atoms with van der Waals surface area (Å²) < 4.78 is 12.1. The van der Waals surface area contributed by atoms with Crippen LogP contribution in [0.25, 0.3) is 0 Å². The molecule has 1 aliphatic heterocycles. The molecule has 2 saturated carbocycles. The van der Waals surface area contributed by atoms with Gasteiger partial charge in [-0.15, -0.1) is 0 Å². The highest BCUT2D eigenvalue weighted by atomic mass is 35.5. The van der Waals surface area contributed by atoms with Gasteiger partial charge in [-0.25, -0.2) is 0 Å². The minimum Gasteiger partial charge on any atom is -0.378 e. The second kappa shape index (κ2) is 7.14. The van der Waals surface area contributed by atoms with E-state index in [1.165, 1.54) is 12.8 Å². The Kier molecular flexibility index (Phi) is 5.02. The first kappa shape index (κ1) is 18.3. The van der Waals surface area contributed by atoms with Gasteiger partial charge in [0, 0.05) is 30.8 Å². The molecule has 4 rings (SSSR count). The van der Waals surface area contributed by atoms with E-state index in [0.717, 1.165) is 50.3 Å². The average molecular weight is 378 g/mol. The molecule has 1 aromatic carbocycles. The predicted molar refractivity (Wildman–Crippen MR) is 102 cm³/mol. The van der Waals surface area contributed by atoms with Gasteiger partial charge in [0.25, 0.3) is 5.91 Å². The Balaban J connectivity index is 1.51. The number of halogens is 1. The molecule has 2 aliphatic carbocycles. The molecule has 5 heteroatoms. The standard InChI is InChI=1S/C21H28ClNO3/c1-14-3-6-16(11-18(14)22)20(24)23-10-9-21(25-2)8-7-17(12-19(21)23)26-13-15-4-5-15/h3,6,11,15,17,19H,4-5,7-10,12-13H2,1-2H3/t17-,19+,21-/m1/s1. The molecule has 0 radical (unpaired) electrons. The van der Waals surface area contributed by atoms with Gasteiger partial charge in [0.15, 0.2) is 0 Å². The highest BCUT2D eigenvalue weighted by molar-refractivity contribution is 6.31. The van der Waals surface area contributed by atoms with E-state index in [1.54, 1.807) is 13.2 Å². The molecule has 1 aromatic rings. The molecule has 0 spiro atoms. The third-order valence-electron chi connectivity index (χ3n) is 6.49. The average Bonchev–Trinajstić information content (AvgIpc) is 3.41. The van der Waals surface area contributed by atoms with E-state index in [0.29, 0.717) is 10.6 Å². The Morgan fingerprint density at radius 1 is 1.31 bits per heavy atom. The maximum atomic E-state index is 13.2. The van der Waals surface area contributed by atoms with Crippen molar-refractivity contribution in [1.29, 1.82) is 0 Å². The molecule has 0 N–H and O–H groups in total. The Hall–Kier alpha value is -1.10. The number of carbonyl (C=O) groups excluding carboxylic acids is 1. The van der Waals surface area contributed by atoms with E-state index >= 15 is 0 Å². The topological polar surface area (TPSA) is 38.8 Å². The van der Waals surface area contributed by atoms with E-state index in [4.69, 9.17) is 21.1 Å². The van der Waals surface area contributed by atoms with Gasteiger partial charge in [-0.2, -0.15) is 0 Å². The summed E-state index contributed by atoms with van der Waals surface area (Å²) in [7, 11) is 1.79. The number of fused-ring (bicyclic) bond motifs is 1. The van der Waals surface area contributed by atoms with E-state index in [9.17, 15) is 4.79 Å². The highest BCUT2D eigenvalue weighted by Gasteiger charge is 2.52. The van der Waals surface area contributed by atoms with Gasteiger partial charge in [-0.3, -0.25) is 4.79 Å². The molecule has 4 nitrogen and oxygen atoms in total. The fourth-order valence-electron chi connectivity index (χ4n) is 4.50. The smallest absolute Gasteiger partial charge is 0.254 e. The van der Waals surface area contributed by atoms with Gasteiger partial charge in [0.1, 0.15) is 0 Å². The molecule has 26 heavy (non-hydrogen) atoms. The van der Waals surface area contributed by atoms with Crippen molar-refractivity contribution in [3.8, 4) is 0 Å². The molecule has 1 heterocycles. The molecule has 1 amide bonds. The fourth-order valence-corrected chi connectivity index (χ4v) is 4.69. The highest BCUT2D eigenvalue weighted by Crippen LogP contribution is 2.44. The van der Waals surface area contributed by atoms with E-state index in [-0.39, 0.29) is 23.7 Å². The number of carbonyl (C=O) groups is 1. The lowest BCUT2D eigenvalue weighted by Gasteiger charge is -2.43. The molecule has 0 unspecified atom stereocenters. The summed E-state index contributed by atoms with van der Waals surface area (Å²) in [5.74, 6) is 0.818. The third kappa shape index (κ3) is 3.39. The zero-order valence-electron chi connectivity index (χ0n) is 15.7. The number of likely N-dealkylation sites (tertiary alicyclic amines) is 1. The largest absolute Gasteiger partial charge is 0.378 e. The molecule has 1 saturated heterocycles. The maximum Gasteiger partial charge on any atom is 0.254 e. The number of aryl methyl sites for hydroxylation is 1. The lowest BCUT2D eigenvalue weighted by atomic mass is 9.79. The predicted octanol–water partition coefficient (Wildman–Crippen LogP) is 4.23. The van der Waals surface area contributed by atoms with Crippen molar-refractivity contribution in [1.82, 2.24) is 4.90 Å². The van der Waals surface area contributed by atoms with Crippen molar-refractivity contribution in [2.45, 2.75) is 63.2 Å². The summed E-state index contributed by atoms with van der Waals surface area (Å²) >= 11 is 6.24. The molecule has 3 fully saturated rings. The zero-order chi connectivity index (χ0) is 18.3. The summed E-state index contributed by atoms with van der Waals surface area (Å²) in [5, 5.41) is 0.641. The quantitative estimate of drug-likeness (QED) is 0.770. The van der Waals surface area contributed by atoms with Crippen LogP contribution in [-0.2, 0) is 9.47 Å². The Morgan fingerprint density at radius 3 is 2.81 bits per heavy atom. The molecule has 3 atom stereocenters. The number of ether oxygens (including phenoxy) is 2. The van der Waals surface area contributed by atoms with E-state index in [1.807, 2.05) is 24.0 Å². The summed E-state index contributed by atoms with van der Waals surface area (Å²) in [6, 6.07) is 5.66. The molecule has 0 aromatic heterocycles. The summed E-state index contributed by atoms with van der Waals surface area (Å²) in [6.07, 6.45) is 6.59. The number of hydrogen-bond donors (Lipinski definition) is 0. The van der Waals surface area contributed by atoms with Crippen LogP contribution < -0.4 is 0 Å². The molecular weight excluding hydrogens is 350 g/mol. The second-order valence-electron chi connectivity index (χ2n) is 8.17. The minimum atomic E-state index is -0.219. The first-order valence-electron chi connectivity index (χ1n) is 9.76. The molecule has 0 bridgehead atoms. The molecule has 142 valence electrons. The summed E-state index contributed by atoms with van der Waals surface area (Å²) in [4.78, 5) is 15.2. The monoisotopic (exact) mass is 377 g/mol. The molecule has 3 aliphatic rings. The van der Waals surface area contributed by atoms with Crippen LogP contribution >= 0.6 is 11.6 Å². The van der Waals surface area contributed by atoms with Crippen LogP contribution in [0.5, 0.6) is 0 Å². The first-order chi connectivity index (χ1) is 12.5. The number of amides is 1. The van der Waals surface area contributed by atoms with Crippen LogP contribution in [0.1, 0.15) is 54.4 Å². The summed E-state index contributed by atoms with van der Waals surface area (Å²) in [5.41, 5.74) is 1.43. The van der Waals surface area contributed by atoms with Crippen molar-refractivity contribution in [2.24, 2.45) is 5.92 Å². The SMILES string of the molecule is CO[C@@]12CC[C@@H](OCC3CC3)C[C@@H]1N(C(=O)c1ccc(C)c(Cl)c1)CC2. The first-order valence-corrected chi connectivity index (χ1v) is 10.1. The van der Waals surface area contributed by atoms with Gasteiger partial charge in [-0.1, -0.05) is 17.7 Å². The van der Waals surface area contributed by atoms with E-state index in [2.05, 4.69) is 0 Å². The second-order valence-corrected chi connectivity index (χ2v) is 8.58. The number of rotatable bonds is 5. The van der Waals surface area contributed by atoms with Crippen molar-refractivity contribution in [3.05, 3.63) is 34.3 Å². The fraction of sp³-hybridized carbons (Fsp3) is 0.667. The number of nitrogens with zero attached hydrogens (tertiary/aromatic N) is 1. The summed E-state index contributed by atoms with van der Waals surface area (Å²) in [6.45, 7) is 3.56. The maximum absolute atomic E-state index is 13.2. The molecular formula is C21H28ClNO3. The van der Waals surface area contributed by atoms with Crippen LogP contribution in [0.3, 0.4) is 0 Å². The lowest BCUT2D eigenvalue weighted by molar-refractivity contribution is -0.0977. The number of benzene rings is 1. The van der Waals surface area contributed by atoms with Gasteiger partial charge in [0.05, 0.1) is 17.7 Å². The Labute approximate surface area is 160 Å². The van der Waals surface area contributed by atoms with Crippen molar-refractivity contribution in [3.63, 3.8) is 0 Å². The Morgan fingerprint density at radius 2 is 2.12 bits per heavy atom. The number of methoxy groups -OCH3 is 1. The van der Waals surface area contributed by atoms with Crippen molar-refractivity contribution >= 4 is 17.5 Å². The van der Waals surface area contributed by atoms with Crippen LogP contribution in [0.2, 0.25) is 5.02 Å².